The zero-order valence-corrected chi connectivity index (χ0v) is 19.8. The van der Waals surface area contributed by atoms with Crippen molar-refractivity contribution in [1.82, 2.24) is 10.2 Å². The molecule has 2 amide bonds. The van der Waals surface area contributed by atoms with Crippen LogP contribution in [0.4, 0.5) is 0 Å². The summed E-state index contributed by atoms with van der Waals surface area (Å²) in [5, 5.41) is 4.49. The molecule has 0 saturated carbocycles. The Morgan fingerprint density at radius 2 is 1.53 bits per heavy atom. The first kappa shape index (κ1) is 24.1. The third-order valence-corrected chi connectivity index (χ3v) is 5.94. The third-order valence-electron chi connectivity index (χ3n) is 5.10. The first-order valence-corrected chi connectivity index (χ1v) is 11.3. The quantitative estimate of drug-likeness (QED) is 0.427. The molecule has 3 aromatic carbocycles. The van der Waals surface area contributed by atoms with Gasteiger partial charge in [0.1, 0.15) is 6.04 Å². The average Bonchev–Trinajstić information content (AvgIpc) is 2.78. The van der Waals surface area contributed by atoms with E-state index < -0.39 is 6.04 Å². The van der Waals surface area contributed by atoms with Crippen molar-refractivity contribution in [2.24, 2.45) is 0 Å². The highest BCUT2D eigenvalue weighted by Gasteiger charge is 2.26. The number of halogens is 3. The molecule has 1 N–H and O–H groups in total. The summed E-state index contributed by atoms with van der Waals surface area (Å²) in [6.07, 6.45) is 0.171. The van der Waals surface area contributed by atoms with E-state index in [-0.39, 0.29) is 24.8 Å². The van der Waals surface area contributed by atoms with Gasteiger partial charge in [0.15, 0.2) is 0 Å². The minimum atomic E-state index is -0.680. The van der Waals surface area contributed by atoms with Gasteiger partial charge in [-0.2, -0.15) is 0 Å². The van der Waals surface area contributed by atoms with E-state index in [4.69, 9.17) is 34.8 Å². The number of hydrogen-bond donors (Lipinski definition) is 1. The molecule has 0 radical (unpaired) electrons. The molecule has 0 aliphatic heterocycles. The van der Waals surface area contributed by atoms with Gasteiger partial charge in [0.2, 0.25) is 11.8 Å². The summed E-state index contributed by atoms with van der Waals surface area (Å²) in [4.78, 5) is 27.7. The number of carbonyl (C=O) groups excluding carboxylic acids is 2. The van der Waals surface area contributed by atoms with Crippen LogP contribution in [-0.4, -0.2) is 22.8 Å². The number of benzene rings is 3. The lowest BCUT2D eigenvalue weighted by molar-refractivity contribution is -0.140. The van der Waals surface area contributed by atoms with Crippen LogP contribution in [0.25, 0.3) is 0 Å². The highest BCUT2D eigenvalue weighted by Crippen LogP contribution is 2.21. The lowest BCUT2D eigenvalue weighted by atomic mass is 10.1. The molecule has 0 spiro atoms. The van der Waals surface area contributed by atoms with Crippen molar-refractivity contribution in [2.45, 2.75) is 32.5 Å². The van der Waals surface area contributed by atoms with E-state index in [0.717, 1.165) is 16.7 Å². The molecule has 0 saturated heterocycles. The Hall–Kier alpha value is -2.53. The van der Waals surface area contributed by atoms with Crippen LogP contribution < -0.4 is 5.32 Å². The molecule has 1 unspecified atom stereocenters. The summed E-state index contributed by atoms with van der Waals surface area (Å²) in [5.74, 6) is -0.417. The van der Waals surface area contributed by atoms with Crippen LogP contribution >= 0.6 is 34.8 Å². The van der Waals surface area contributed by atoms with Crippen LogP contribution in [0.15, 0.2) is 72.8 Å². The standard InChI is InChI=1S/C25H23Cl3N2O2/c1-17(25(32)29-15-20-9-12-22(27)14-23(20)28)30(16-19-5-3-2-4-6-19)24(31)13-18-7-10-21(26)11-8-18/h2-12,14,17H,13,15-16H2,1H3,(H,29,32). The molecule has 32 heavy (non-hydrogen) atoms. The van der Waals surface area contributed by atoms with Gasteiger partial charge in [-0.1, -0.05) is 83.3 Å². The highest BCUT2D eigenvalue weighted by atomic mass is 35.5. The topological polar surface area (TPSA) is 49.4 Å². The van der Waals surface area contributed by atoms with Crippen LogP contribution in [0.3, 0.4) is 0 Å². The van der Waals surface area contributed by atoms with Crippen molar-refractivity contribution in [3.05, 3.63) is 105 Å². The zero-order chi connectivity index (χ0) is 23.1. The molecule has 0 aliphatic carbocycles. The SMILES string of the molecule is CC(C(=O)NCc1ccc(Cl)cc1Cl)N(Cc1ccccc1)C(=O)Cc1ccc(Cl)cc1. The molecule has 1 atom stereocenters. The van der Waals surface area contributed by atoms with Gasteiger partial charge in [0.05, 0.1) is 6.42 Å². The Balaban J connectivity index is 1.73. The van der Waals surface area contributed by atoms with Gasteiger partial charge in [0.25, 0.3) is 0 Å². The Labute approximate surface area is 203 Å². The first-order valence-electron chi connectivity index (χ1n) is 10.1. The molecule has 166 valence electrons. The number of amides is 2. The van der Waals surface area contributed by atoms with Crippen molar-refractivity contribution in [2.75, 3.05) is 0 Å². The molecule has 4 nitrogen and oxygen atoms in total. The second kappa shape index (κ2) is 11.4. The van der Waals surface area contributed by atoms with Gasteiger partial charge in [-0.25, -0.2) is 0 Å². The van der Waals surface area contributed by atoms with Crippen LogP contribution in [-0.2, 0) is 29.1 Å². The third kappa shape index (κ3) is 6.73. The Bertz CT molecular complexity index is 1070. The predicted octanol–water partition coefficient (Wildman–Crippen LogP) is 5.92. The van der Waals surface area contributed by atoms with E-state index in [1.54, 1.807) is 42.2 Å². The number of nitrogens with zero attached hydrogens (tertiary/aromatic N) is 1. The van der Waals surface area contributed by atoms with Gasteiger partial charge in [-0.15, -0.1) is 0 Å². The van der Waals surface area contributed by atoms with Crippen molar-refractivity contribution >= 4 is 46.6 Å². The maximum Gasteiger partial charge on any atom is 0.242 e. The Morgan fingerprint density at radius 3 is 2.19 bits per heavy atom. The molecule has 0 heterocycles. The average molecular weight is 490 g/mol. The predicted molar refractivity (Wildman–Crippen MR) is 130 cm³/mol. The maximum atomic E-state index is 13.2. The molecule has 0 aliphatic rings. The highest BCUT2D eigenvalue weighted by molar-refractivity contribution is 6.35. The molecule has 3 rings (SSSR count). The van der Waals surface area contributed by atoms with E-state index in [1.807, 2.05) is 42.5 Å². The van der Waals surface area contributed by atoms with Gasteiger partial charge in [-0.05, 0) is 47.9 Å². The van der Waals surface area contributed by atoms with Crippen molar-refractivity contribution < 1.29 is 9.59 Å². The molecule has 3 aromatic rings. The fraction of sp³-hybridized carbons (Fsp3) is 0.200. The van der Waals surface area contributed by atoms with Crippen LogP contribution in [0.1, 0.15) is 23.6 Å². The summed E-state index contributed by atoms with van der Waals surface area (Å²) in [6.45, 7) is 2.29. The molecule has 0 aromatic heterocycles. The van der Waals surface area contributed by atoms with Crippen molar-refractivity contribution in [1.29, 1.82) is 0 Å². The van der Waals surface area contributed by atoms with Crippen LogP contribution in [0, 0.1) is 0 Å². The lowest BCUT2D eigenvalue weighted by Gasteiger charge is -2.29. The maximum absolute atomic E-state index is 13.2. The summed E-state index contributed by atoms with van der Waals surface area (Å²) < 4.78 is 0. The monoisotopic (exact) mass is 488 g/mol. The molecular formula is C25H23Cl3N2O2. The van der Waals surface area contributed by atoms with E-state index in [9.17, 15) is 9.59 Å². The van der Waals surface area contributed by atoms with Gasteiger partial charge in [0, 0.05) is 28.2 Å². The fourth-order valence-corrected chi connectivity index (χ4v) is 3.84. The second-order valence-corrected chi connectivity index (χ2v) is 8.72. The lowest BCUT2D eigenvalue weighted by Crippen LogP contribution is -2.48. The number of carbonyl (C=O) groups is 2. The normalized spacial score (nSPS) is 11.6. The minimum Gasteiger partial charge on any atom is -0.350 e. The number of hydrogen-bond acceptors (Lipinski definition) is 2. The summed E-state index contributed by atoms with van der Waals surface area (Å²) in [7, 11) is 0. The molecule has 0 fully saturated rings. The zero-order valence-electron chi connectivity index (χ0n) is 17.5. The smallest absolute Gasteiger partial charge is 0.242 e. The van der Waals surface area contributed by atoms with Gasteiger partial charge >= 0.3 is 0 Å². The van der Waals surface area contributed by atoms with E-state index in [1.165, 1.54) is 0 Å². The second-order valence-electron chi connectivity index (χ2n) is 7.44. The van der Waals surface area contributed by atoms with Gasteiger partial charge in [-0.3, -0.25) is 9.59 Å². The van der Waals surface area contributed by atoms with Crippen LogP contribution in [0.2, 0.25) is 15.1 Å². The first-order chi connectivity index (χ1) is 15.3. The fourth-order valence-electron chi connectivity index (χ4n) is 3.24. The molecule has 0 bridgehead atoms. The Kier molecular flexibility index (Phi) is 8.57. The van der Waals surface area contributed by atoms with E-state index in [2.05, 4.69) is 5.32 Å². The van der Waals surface area contributed by atoms with Crippen LogP contribution in [0.5, 0.6) is 0 Å². The molecular weight excluding hydrogens is 467 g/mol. The number of rotatable bonds is 8. The largest absolute Gasteiger partial charge is 0.350 e. The van der Waals surface area contributed by atoms with Gasteiger partial charge < -0.3 is 10.2 Å². The van der Waals surface area contributed by atoms with E-state index in [0.29, 0.717) is 21.6 Å². The molecule has 7 heteroatoms. The summed E-state index contributed by atoms with van der Waals surface area (Å²) in [6, 6.07) is 21.1. The van der Waals surface area contributed by atoms with E-state index >= 15 is 0 Å². The minimum absolute atomic E-state index is 0.150. The Morgan fingerprint density at radius 1 is 0.875 bits per heavy atom. The van der Waals surface area contributed by atoms with Crippen molar-refractivity contribution in [3.8, 4) is 0 Å². The van der Waals surface area contributed by atoms with Crippen molar-refractivity contribution in [3.63, 3.8) is 0 Å². The summed E-state index contributed by atoms with van der Waals surface area (Å²) in [5.41, 5.74) is 2.52. The summed E-state index contributed by atoms with van der Waals surface area (Å²) >= 11 is 18.1. The number of nitrogens with one attached hydrogen (secondary N) is 1.